The summed E-state index contributed by atoms with van der Waals surface area (Å²) >= 11 is 1.41. The number of nitrogens with one attached hydrogen (secondary N) is 2. The Morgan fingerprint density at radius 2 is 2.24 bits per heavy atom. The van der Waals surface area contributed by atoms with Gasteiger partial charge in [0.25, 0.3) is 5.56 Å². The van der Waals surface area contributed by atoms with E-state index in [0.717, 1.165) is 17.6 Å². The minimum atomic E-state index is -0.0705. The van der Waals surface area contributed by atoms with E-state index < -0.39 is 0 Å². The van der Waals surface area contributed by atoms with Crippen LogP contribution in [-0.2, 0) is 19.5 Å². The molecule has 0 atom stereocenters. The number of pyridine rings is 1. The highest BCUT2D eigenvalue weighted by Gasteiger charge is 2.05. The molecule has 3 aromatic rings. The Labute approximate surface area is 126 Å². The summed E-state index contributed by atoms with van der Waals surface area (Å²) in [4.78, 5) is 23.5. The summed E-state index contributed by atoms with van der Waals surface area (Å²) in [6.45, 7) is 3.29. The van der Waals surface area contributed by atoms with Crippen LogP contribution < -0.4 is 10.9 Å². The molecule has 0 aliphatic heterocycles. The summed E-state index contributed by atoms with van der Waals surface area (Å²) in [5.74, 6) is 0.653. The zero-order chi connectivity index (χ0) is 14.7. The van der Waals surface area contributed by atoms with Gasteiger partial charge in [0.15, 0.2) is 0 Å². The fourth-order valence-electron chi connectivity index (χ4n) is 2.26. The molecule has 108 valence electrons. The lowest BCUT2D eigenvalue weighted by atomic mass is 10.1. The normalized spacial score (nSPS) is 11.1. The van der Waals surface area contributed by atoms with Crippen molar-refractivity contribution in [3.05, 3.63) is 57.2 Å². The number of fused-ring (bicyclic) bond motifs is 1. The average molecular weight is 300 g/mol. The van der Waals surface area contributed by atoms with E-state index in [9.17, 15) is 4.79 Å². The highest BCUT2D eigenvalue weighted by Crippen LogP contribution is 2.13. The zero-order valence-corrected chi connectivity index (χ0v) is 12.5. The second-order valence-electron chi connectivity index (χ2n) is 4.71. The number of hydrogen-bond acceptors (Lipinski definition) is 5. The Hall–Kier alpha value is -2.05. The molecule has 0 fully saturated rings. The van der Waals surface area contributed by atoms with Crippen LogP contribution in [-0.4, -0.2) is 15.0 Å². The van der Waals surface area contributed by atoms with E-state index in [1.165, 1.54) is 16.9 Å². The second-order valence-corrected chi connectivity index (χ2v) is 5.63. The van der Waals surface area contributed by atoms with E-state index in [4.69, 9.17) is 0 Å². The molecule has 6 heteroatoms. The largest absolute Gasteiger partial charge is 0.308 e. The van der Waals surface area contributed by atoms with Crippen LogP contribution in [0.5, 0.6) is 0 Å². The molecule has 0 amide bonds. The van der Waals surface area contributed by atoms with Gasteiger partial charge in [0.1, 0.15) is 10.5 Å². The minimum absolute atomic E-state index is 0.0705. The van der Waals surface area contributed by atoms with Gasteiger partial charge < -0.3 is 10.3 Å². The van der Waals surface area contributed by atoms with E-state index in [2.05, 4.69) is 33.3 Å². The van der Waals surface area contributed by atoms with Crippen molar-refractivity contribution in [1.82, 2.24) is 20.3 Å². The maximum absolute atomic E-state index is 11.9. The quantitative estimate of drug-likeness (QED) is 0.758. The van der Waals surface area contributed by atoms with Crippen LogP contribution in [0.25, 0.3) is 10.2 Å². The van der Waals surface area contributed by atoms with E-state index in [1.807, 2.05) is 17.5 Å². The third-order valence-corrected chi connectivity index (χ3v) is 4.22. The Morgan fingerprint density at radius 1 is 1.33 bits per heavy atom. The van der Waals surface area contributed by atoms with Gasteiger partial charge in [-0.3, -0.25) is 9.78 Å². The first-order valence-electron chi connectivity index (χ1n) is 6.88. The molecule has 0 spiro atoms. The van der Waals surface area contributed by atoms with E-state index in [0.29, 0.717) is 23.6 Å². The number of aromatic nitrogens is 3. The van der Waals surface area contributed by atoms with Crippen LogP contribution in [0, 0.1) is 0 Å². The van der Waals surface area contributed by atoms with Crippen LogP contribution in [0.15, 0.2) is 34.6 Å². The molecule has 3 rings (SSSR count). The summed E-state index contributed by atoms with van der Waals surface area (Å²) in [6.07, 6.45) is 2.76. The molecule has 2 N–H and O–H groups in total. The van der Waals surface area contributed by atoms with Crippen molar-refractivity contribution in [3.63, 3.8) is 0 Å². The van der Waals surface area contributed by atoms with Crippen molar-refractivity contribution in [2.45, 2.75) is 26.4 Å². The standard InChI is InChI=1S/C15H16N4OS/c1-2-10-4-3-6-17-12(10)8-16-9-13-18-11-5-7-21-14(11)15(20)19-13/h3-7,16H,2,8-9H2,1H3,(H,18,19,20). The van der Waals surface area contributed by atoms with Crippen LogP contribution in [0.3, 0.4) is 0 Å². The number of H-pyrrole nitrogens is 1. The van der Waals surface area contributed by atoms with Gasteiger partial charge in [-0.1, -0.05) is 13.0 Å². The number of rotatable bonds is 5. The molecule has 21 heavy (non-hydrogen) atoms. The topological polar surface area (TPSA) is 70.7 Å². The fourth-order valence-corrected chi connectivity index (χ4v) is 2.98. The van der Waals surface area contributed by atoms with E-state index in [1.54, 1.807) is 6.20 Å². The molecule has 0 aromatic carbocycles. The third kappa shape index (κ3) is 3.01. The van der Waals surface area contributed by atoms with Gasteiger partial charge >= 0.3 is 0 Å². The summed E-state index contributed by atoms with van der Waals surface area (Å²) in [6, 6.07) is 5.90. The number of hydrogen-bond donors (Lipinski definition) is 2. The first kappa shape index (κ1) is 13.9. The molecule has 0 radical (unpaired) electrons. The number of aromatic amines is 1. The van der Waals surface area contributed by atoms with Crippen molar-refractivity contribution < 1.29 is 0 Å². The smallest absolute Gasteiger partial charge is 0.268 e. The molecule has 0 unspecified atom stereocenters. The van der Waals surface area contributed by atoms with Gasteiger partial charge in [0, 0.05) is 12.7 Å². The maximum Gasteiger partial charge on any atom is 0.268 e. The van der Waals surface area contributed by atoms with Gasteiger partial charge in [-0.15, -0.1) is 11.3 Å². The van der Waals surface area contributed by atoms with Crippen molar-refractivity contribution in [3.8, 4) is 0 Å². The Kier molecular flexibility index (Phi) is 4.08. The highest BCUT2D eigenvalue weighted by molar-refractivity contribution is 7.17. The molecule has 0 aliphatic carbocycles. The Balaban J connectivity index is 1.70. The van der Waals surface area contributed by atoms with E-state index in [-0.39, 0.29) is 5.56 Å². The molecule has 5 nitrogen and oxygen atoms in total. The molecule has 0 saturated heterocycles. The monoisotopic (exact) mass is 300 g/mol. The van der Waals surface area contributed by atoms with Crippen molar-refractivity contribution >= 4 is 21.6 Å². The summed E-state index contributed by atoms with van der Waals surface area (Å²) in [5.41, 5.74) is 2.96. The number of aryl methyl sites for hydroxylation is 1. The fraction of sp³-hybridized carbons (Fsp3) is 0.267. The van der Waals surface area contributed by atoms with E-state index >= 15 is 0 Å². The Bertz CT molecular complexity index is 809. The lowest BCUT2D eigenvalue weighted by Gasteiger charge is -2.07. The van der Waals surface area contributed by atoms with Crippen LogP contribution in [0.1, 0.15) is 24.0 Å². The molecule has 0 bridgehead atoms. The summed E-state index contributed by atoms with van der Waals surface area (Å²) < 4.78 is 0.678. The minimum Gasteiger partial charge on any atom is -0.308 e. The number of nitrogens with zero attached hydrogens (tertiary/aromatic N) is 2. The first-order valence-corrected chi connectivity index (χ1v) is 7.75. The zero-order valence-electron chi connectivity index (χ0n) is 11.7. The SMILES string of the molecule is CCc1cccnc1CNCc1nc2ccsc2c(=O)[nH]1. The van der Waals surface area contributed by atoms with Crippen molar-refractivity contribution in [2.75, 3.05) is 0 Å². The molecular formula is C15H16N4OS. The van der Waals surface area contributed by atoms with Crippen LogP contribution >= 0.6 is 11.3 Å². The first-order chi connectivity index (χ1) is 10.3. The number of thiophene rings is 1. The molecule has 0 saturated carbocycles. The predicted molar refractivity (Wildman–Crippen MR) is 84.4 cm³/mol. The van der Waals surface area contributed by atoms with Gasteiger partial charge in [0.05, 0.1) is 17.8 Å². The highest BCUT2D eigenvalue weighted by atomic mass is 32.1. The van der Waals surface area contributed by atoms with Crippen molar-refractivity contribution in [1.29, 1.82) is 0 Å². The molecule has 3 aromatic heterocycles. The second kappa shape index (κ2) is 6.15. The van der Waals surface area contributed by atoms with Gasteiger partial charge in [-0.2, -0.15) is 0 Å². The summed E-state index contributed by atoms with van der Waals surface area (Å²) in [7, 11) is 0. The Morgan fingerprint density at radius 3 is 3.10 bits per heavy atom. The van der Waals surface area contributed by atoms with Crippen LogP contribution in [0.4, 0.5) is 0 Å². The van der Waals surface area contributed by atoms with Crippen LogP contribution in [0.2, 0.25) is 0 Å². The molecule has 3 heterocycles. The lowest BCUT2D eigenvalue weighted by Crippen LogP contribution is -2.19. The maximum atomic E-state index is 11.9. The molecule has 0 aliphatic rings. The van der Waals surface area contributed by atoms with Gasteiger partial charge in [-0.25, -0.2) is 4.98 Å². The third-order valence-electron chi connectivity index (χ3n) is 3.31. The van der Waals surface area contributed by atoms with Gasteiger partial charge in [0.2, 0.25) is 0 Å². The lowest BCUT2D eigenvalue weighted by molar-refractivity contribution is 0.648. The molecular weight excluding hydrogens is 284 g/mol. The van der Waals surface area contributed by atoms with Gasteiger partial charge in [-0.05, 0) is 29.5 Å². The van der Waals surface area contributed by atoms with Crippen molar-refractivity contribution in [2.24, 2.45) is 0 Å². The predicted octanol–water partition coefficient (Wildman–Crippen LogP) is 2.23. The average Bonchev–Trinajstić information content (AvgIpc) is 2.97. The summed E-state index contributed by atoms with van der Waals surface area (Å²) in [5, 5.41) is 5.17.